The third-order valence-corrected chi connectivity index (χ3v) is 5.90. The highest BCUT2D eigenvalue weighted by atomic mass is 19.1. The Morgan fingerprint density at radius 2 is 1.81 bits per heavy atom. The van der Waals surface area contributed by atoms with Gasteiger partial charge in [-0.3, -0.25) is 5.41 Å². The summed E-state index contributed by atoms with van der Waals surface area (Å²) < 4.78 is 29.5. The molecule has 0 radical (unpaired) electrons. The van der Waals surface area contributed by atoms with Crippen LogP contribution >= 0.6 is 0 Å². The number of halogens is 1. The van der Waals surface area contributed by atoms with Crippen LogP contribution in [-0.2, 0) is 13.6 Å². The molecule has 0 atom stereocenters. The fraction of sp³-hybridized carbons (Fsp3) is 0.241. The summed E-state index contributed by atoms with van der Waals surface area (Å²) in [5.41, 5.74) is 9.23. The van der Waals surface area contributed by atoms with Crippen molar-refractivity contribution in [3.8, 4) is 22.8 Å². The van der Waals surface area contributed by atoms with Crippen LogP contribution in [0.3, 0.4) is 0 Å². The van der Waals surface area contributed by atoms with Crippen molar-refractivity contribution in [2.45, 2.75) is 33.4 Å². The number of nitrogens with zero attached hydrogens (tertiary/aromatic N) is 3. The maximum Gasteiger partial charge on any atom is 0.188 e. The average Bonchev–Trinajstić information content (AvgIpc) is 3.25. The van der Waals surface area contributed by atoms with Gasteiger partial charge in [0, 0.05) is 30.4 Å². The Hall–Kier alpha value is -4.33. The Balaban J connectivity index is 1.83. The van der Waals surface area contributed by atoms with Gasteiger partial charge in [0.05, 0.1) is 36.8 Å². The zero-order valence-electron chi connectivity index (χ0n) is 21.5. The highest BCUT2D eigenvalue weighted by Crippen LogP contribution is 2.38. The summed E-state index contributed by atoms with van der Waals surface area (Å²) in [6.45, 7) is 6.28. The minimum atomic E-state index is -0.495. The fourth-order valence-corrected chi connectivity index (χ4v) is 4.09. The molecule has 0 unspecified atom stereocenters. The van der Waals surface area contributed by atoms with Crippen LogP contribution < -0.4 is 20.1 Å². The number of anilines is 2. The van der Waals surface area contributed by atoms with E-state index in [1.54, 1.807) is 24.3 Å². The average molecular weight is 502 g/mol. The van der Waals surface area contributed by atoms with Crippen molar-refractivity contribution < 1.29 is 13.9 Å². The van der Waals surface area contributed by atoms with Crippen LogP contribution in [0.4, 0.5) is 15.8 Å². The van der Waals surface area contributed by atoms with Crippen molar-refractivity contribution in [2.24, 2.45) is 12.8 Å². The molecule has 1 heterocycles. The van der Waals surface area contributed by atoms with Crippen molar-refractivity contribution in [3.05, 3.63) is 90.1 Å². The first-order valence-electron chi connectivity index (χ1n) is 12.2. The summed E-state index contributed by atoms with van der Waals surface area (Å²) in [5, 5.41) is 7.73. The van der Waals surface area contributed by atoms with E-state index in [-0.39, 0.29) is 24.2 Å². The smallest absolute Gasteiger partial charge is 0.188 e. The molecular formula is C29H32FN5O2. The standard InChI is InChI=1S/C29H32FN5O2/c1-5-36-23-15-24(28(30)26(16-23)37-19(2)3)35(22-13-11-21(12-14-22)29(31)32)18-27-33-17-25(34(27)4)20-9-7-6-8-10-20/h6-17,19H,5,18H2,1-4H3,(H3,31,32). The predicted octanol–water partition coefficient (Wildman–Crippen LogP) is 6.03. The van der Waals surface area contributed by atoms with Crippen LogP contribution in [0.2, 0.25) is 0 Å². The molecule has 4 rings (SSSR count). The summed E-state index contributed by atoms with van der Waals surface area (Å²) >= 11 is 0. The number of nitrogens with one attached hydrogen (secondary N) is 1. The molecule has 0 aliphatic carbocycles. The maximum atomic E-state index is 16.0. The summed E-state index contributed by atoms with van der Waals surface area (Å²) in [5.74, 6) is 0.829. The number of nitrogens with two attached hydrogens (primary N) is 1. The first kappa shape index (κ1) is 25.8. The molecule has 37 heavy (non-hydrogen) atoms. The monoisotopic (exact) mass is 501 g/mol. The Morgan fingerprint density at radius 3 is 2.43 bits per heavy atom. The van der Waals surface area contributed by atoms with Gasteiger partial charge in [0.25, 0.3) is 0 Å². The quantitative estimate of drug-likeness (QED) is 0.204. The number of ether oxygens (including phenoxy) is 2. The van der Waals surface area contributed by atoms with E-state index < -0.39 is 5.82 Å². The van der Waals surface area contributed by atoms with E-state index in [1.165, 1.54) is 0 Å². The molecular weight excluding hydrogens is 469 g/mol. The number of benzene rings is 3. The second-order valence-electron chi connectivity index (χ2n) is 8.89. The van der Waals surface area contributed by atoms with Crippen LogP contribution in [0.1, 0.15) is 32.2 Å². The molecule has 0 aliphatic heterocycles. The van der Waals surface area contributed by atoms with Gasteiger partial charge < -0.3 is 24.7 Å². The molecule has 0 fully saturated rings. The van der Waals surface area contributed by atoms with Gasteiger partial charge in [-0.1, -0.05) is 30.3 Å². The van der Waals surface area contributed by atoms with Crippen molar-refractivity contribution in [2.75, 3.05) is 11.5 Å². The van der Waals surface area contributed by atoms with Crippen LogP contribution in [0.25, 0.3) is 11.3 Å². The SMILES string of the molecule is CCOc1cc(OC(C)C)c(F)c(N(Cc2ncc(-c3ccccc3)n2C)c2ccc(C(=N)N)cc2)c1. The molecule has 3 N–H and O–H groups in total. The van der Waals surface area contributed by atoms with Crippen LogP contribution in [0.5, 0.6) is 11.5 Å². The first-order valence-corrected chi connectivity index (χ1v) is 12.2. The van der Waals surface area contributed by atoms with Crippen molar-refractivity contribution >= 4 is 17.2 Å². The summed E-state index contributed by atoms with van der Waals surface area (Å²) in [4.78, 5) is 6.50. The molecule has 7 nitrogen and oxygen atoms in total. The molecule has 192 valence electrons. The minimum Gasteiger partial charge on any atom is -0.494 e. The van der Waals surface area contributed by atoms with Gasteiger partial charge in [-0.05, 0) is 50.6 Å². The number of hydrogen-bond acceptors (Lipinski definition) is 5. The minimum absolute atomic E-state index is 0.0353. The molecule has 0 spiro atoms. The van der Waals surface area contributed by atoms with E-state index in [4.69, 9.17) is 20.6 Å². The molecule has 1 aromatic heterocycles. The second-order valence-corrected chi connectivity index (χ2v) is 8.89. The third kappa shape index (κ3) is 5.74. The number of hydrogen-bond donors (Lipinski definition) is 2. The highest BCUT2D eigenvalue weighted by molar-refractivity contribution is 5.95. The van der Waals surface area contributed by atoms with E-state index in [2.05, 4.69) is 4.98 Å². The van der Waals surface area contributed by atoms with Gasteiger partial charge in [-0.2, -0.15) is 0 Å². The van der Waals surface area contributed by atoms with E-state index in [0.717, 1.165) is 17.1 Å². The number of nitrogen functional groups attached to an aromatic ring is 1. The van der Waals surface area contributed by atoms with Crippen molar-refractivity contribution in [1.29, 1.82) is 5.41 Å². The molecule has 0 amide bonds. The van der Waals surface area contributed by atoms with Crippen molar-refractivity contribution in [3.63, 3.8) is 0 Å². The zero-order valence-corrected chi connectivity index (χ0v) is 21.5. The molecule has 0 bridgehead atoms. The Labute approximate surface area is 216 Å². The topological polar surface area (TPSA) is 89.4 Å². The largest absolute Gasteiger partial charge is 0.494 e. The molecule has 0 aliphatic rings. The Bertz CT molecular complexity index is 1370. The fourth-order valence-electron chi connectivity index (χ4n) is 4.09. The number of imidazole rings is 1. The van der Waals surface area contributed by atoms with Crippen molar-refractivity contribution in [1.82, 2.24) is 9.55 Å². The normalized spacial score (nSPS) is 11.0. The molecule has 0 saturated heterocycles. The van der Waals surface area contributed by atoms with E-state index in [0.29, 0.717) is 29.3 Å². The van der Waals surface area contributed by atoms with Gasteiger partial charge in [-0.15, -0.1) is 0 Å². The maximum absolute atomic E-state index is 16.0. The van der Waals surface area contributed by atoms with Crippen LogP contribution in [-0.4, -0.2) is 28.1 Å². The third-order valence-electron chi connectivity index (χ3n) is 5.90. The number of rotatable bonds is 10. The van der Waals surface area contributed by atoms with Gasteiger partial charge in [0.15, 0.2) is 11.6 Å². The van der Waals surface area contributed by atoms with Crippen LogP contribution in [0, 0.1) is 11.2 Å². The second kappa shape index (κ2) is 11.2. The lowest BCUT2D eigenvalue weighted by molar-refractivity contribution is 0.229. The first-order chi connectivity index (χ1) is 17.8. The summed E-state index contributed by atoms with van der Waals surface area (Å²) in [6, 6.07) is 20.4. The Morgan fingerprint density at radius 1 is 1.11 bits per heavy atom. The van der Waals surface area contributed by atoms with E-state index in [9.17, 15) is 0 Å². The Kier molecular flexibility index (Phi) is 7.77. The van der Waals surface area contributed by atoms with Gasteiger partial charge in [0.2, 0.25) is 0 Å². The number of amidine groups is 1. The van der Waals surface area contributed by atoms with E-state index >= 15 is 4.39 Å². The molecule has 8 heteroatoms. The summed E-state index contributed by atoms with van der Waals surface area (Å²) in [7, 11) is 1.95. The van der Waals surface area contributed by atoms with E-state index in [1.807, 2.05) is 85.9 Å². The van der Waals surface area contributed by atoms with Gasteiger partial charge >= 0.3 is 0 Å². The van der Waals surface area contributed by atoms with Gasteiger partial charge in [0.1, 0.15) is 17.4 Å². The lowest BCUT2D eigenvalue weighted by Gasteiger charge is -2.27. The lowest BCUT2D eigenvalue weighted by atomic mass is 10.1. The molecule has 3 aromatic carbocycles. The molecule has 0 saturated carbocycles. The highest BCUT2D eigenvalue weighted by Gasteiger charge is 2.23. The predicted molar refractivity (Wildman–Crippen MR) is 145 cm³/mol. The summed E-state index contributed by atoms with van der Waals surface area (Å²) in [6.07, 6.45) is 1.60. The lowest BCUT2D eigenvalue weighted by Crippen LogP contribution is -2.21. The van der Waals surface area contributed by atoms with Crippen LogP contribution in [0.15, 0.2) is 72.9 Å². The van der Waals surface area contributed by atoms with Gasteiger partial charge in [-0.25, -0.2) is 9.37 Å². The zero-order chi connectivity index (χ0) is 26.5. The number of aromatic nitrogens is 2. The molecule has 4 aromatic rings.